The van der Waals surface area contributed by atoms with Crippen molar-refractivity contribution in [3.63, 3.8) is 0 Å². The van der Waals surface area contributed by atoms with E-state index in [1.807, 2.05) is 0 Å². The van der Waals surface area contributed by atoms with Gasteiger partial charge in [0.15, 0.2) is 23.3 Å². The number of hydrogen-bond donors (Lipinski definition) is 0. The first kappa shape index (κ1) is 58.6. The van der Waals surface area contributed by atoms with Gasteiger partial charge in [0.1, 0.15) is 22.7 Å². The quantitative estimate of drug-likeness (QED) is 0.150. The summed E-state index contributed by atoms with van der Waals surface area (Å²) in [6, 6.07) is 124. The topological polar surface area (TPSA) is 90.7 Å². The van der Waals surface area contributed by atoms with Crippen LogP contribution >= 0.6 is 0 Å². The van der Waals surface area contributed by atoms with Gasteiger partial charge in [0.25, 0.3) is 0 Å². The van der Waals surface area contributed by atoms with E-state index in [2.05, 4.69) is 346 Å². The van der Waals surface area contributed by atoms with Crippen molar-refractivity contribution in [3.05, 3.63) is 390 Å². The summed E-state index contributed by atoms with van der Waals surface area (Å²) in [5.41, 5.74) is 28.8. The summed E-state index contributed by atoms with van der Waals surface area (Å²) in [7, 11) is 0. The molecule has 19 aromatic rings. The van der Waals surface area contributed by atoms with Crippen LogP contribution in [0.2, 0.25) is 0 Å². The predicted molar refractivity (Wildman–Crippen MR) is 426 cm³/mol. The average molecular weight is 1350 g/mol. The molecule has 4 aliphatic carbocycles. The second-order valence-electron chi connectivity index (χ2n) is 28.3. The normalized spacial score (nSPS) is 13.4. The molecule has 0 saturated carbocycles. The maximum Gasteiger partial charge on any atom is 0.164 e. The molecule has 7 nitrogen and oxygen atoms in total. The van der Waals surface area contributed by atoms with Crippen LogP contribution in [0.15, 0.2) is 355 Å². The Morgan fingerprint density at radius 3 is 1.25 bits per heavy atom. The van der Waals surface area contributed by atoms with Gasteiger partial charge in [0.05, 0.1) is 22.2 Å². The Bertz CT molecular complexity index is 6890. The average Bonchev–Trinajstić information content (AvgIpc) is 1.50. The molecule has 0 saturated heterocycles. The van der Waals surface area contributed by atoms with E-state index < -0.39 is 10.8 Å². The largest absolute Gasteiger partial charge is 0.456 e. The lowest BCUT2D eigenvalue weighted by Gasteiger charge is -2.30. The van der Waals surface area contributed by atoms with E-state index in [4.69, 9.17) is 33.8 Å². The lowest BCUT2D eigenvalue weighted by Crippen LogP contribution is -2.25. The standard InChI is InChI=1S/C99H57N5O2/c1-2-22-58(23-3-1)62-26-18-27-63(54-62)86-57-87(64-50-52-76-85(56-64)99(90-77-33-10-16-44-88(77)105-92(76)90)82-42-14-8-31-72(82)73-32-9-15-43-83(73)99)101-94(100-86)61-48-46-60(47-49-61)66-35-20-37-69-68(66)36-21-39-75(69)97-103-95(102-96(104-97)74-38-19-25-59-24-4-5-28-67(59)74)65-51-53-84-79(55-65)93-91(78-34-11-17-45-89(78)106-93)98(84)80-40-12-6-29-70(80)71-30-7-13-41-81(71)98/h1-57H. The summed E-state index contributed by atoms with van der Waals surface area (Å²) < 4.78 is 14.0. The number of para-hydroxylation sites is 2. The molecule has 4 aliphatic rings. The third-order valence-electron chi connectivity index (χ3n) is 23.0. The Kier molecular flexibility index (Phi) is 12.3. The van der Waals surface area contributed by atoms with E-state index in [9.17, 15) is 0 Å². The molecular weight excluding hydrogens is 1290 g/mol. The van der Waals surface area contributed by atoms with Gasteiger partial charge in [-0.15, -0.1) is 0 Å². The number of furan rings is 2. The Morgan fingerprint density at radius 1 is 0.198 bits per heavy atom. The summed E-state index contributed by atoms with van der Waals surface area (Å²) in [6.45, 7) is 0. The molecule has 106 heavy (non-hydrogen) atoms. The maximum absolute atomic E-state index is 7.06. The molecule has 0 fully saturated rings. The summed E-state index contributed by atoms with van der Waals surface area (Å²) in [6.07, 6.45) is 0. The highest BCUT2D eigenvalue weighted by Gasteiger charge is 2.56. The molecule has 2 spiro atoms. The zero-order valence-corrected chi connectivity index (χ0v) is 57.0. The summed E-state index contributed by atoms with van der Waals surface area (Å²) in [5.74, 6) is 4.13. The van der Waals surface area contributed by atoms with E-state index in [1.165, 1.54) is 66.8 Å². The van der Waals surface area contributed by atoms with Crippen molar-refractivity contribution in [1.82, 2.24) is 24.9 Å². The van der Waals surface area contributed by atoms with Crippen LogP contribution in [0.4, 0.5) is 0 Å². The minimum absolute atomic E-state index is 0.565. The van der Waals surface area contributed by atoms with Gasteiger partial charge >= 0.3 is 0 Å². The van der Waals surface area contributed by atoms with Crippen LogP contribution in [0.25, 0.3) is 179 Å². The number of hydrogen-bond acceptors (Lipinski definition) is 7. The van der Waals surface area contributed by atoms with Crippen molar-refractivity contribution >= 4 is 43.5 Å². The first-order valence-corrected chi connectivity index (χ1v) is 36.2. The van der Waals surface area contributed by atoms with E-state index in [-0.39, 0.29) is 0 Å². The number of aromatic nitrogens is 5. The van der Waals surface area contributed by atoms with Gasteiger partial charge in [-0.05, 0) is 136 Å². The molecule has 0 N–H and O–H groups in total. The van der Waals surface area contributed by atoms with E-state index in [0.717, 1.165) is 133 Å². The molecular formula is C99H57N5O2. The van der Waals surface area contributed by atoms with Gasteiger partial charge in [-0.2, -0.15) is 0 Å². The molecule has 0 amide bonds. The molecule has 0 unspecified atom stereocenters. The number of nitrogens with zero attached hydrogens (tertiary/aromatic N) is 5. The lowest BCUT2D eigenvalue weighted by atomic mass is 9.70. The highest BCUT2D eigenvalue weighted by atomic mass is 16.3. The van der Waals surface area contributed by atoms with Crippen LogP contribution in [-0.2, 0) is 10.8 Å². The highest BCUT2D eigenvalue weighted by molar-refractivity contribution is 6.07. The smallest absolute Gasteiger partial charge is 0.164 e. The van der Waals surface area contributed by atoms with Gasteiger partial charge in [0.2, 0.25) is 0 Å². The molecule has 15 aromatic carbocycles. The fourth-order valence-electron chi connectivity index (χ4n) is 18.6. The first-order valence-electron chi connectivity index (χ1n) is 36.2. The minimum atomic E-state index is -0.635. The fraction of sp³-hybridized carbons (Fsp3) is 0.0202. The Morgan fingerprint density at radius 2 is 0.604 bits per heavy atom. The fourth-order valence-corrected chi connectivity index (χ4v) is 18.6. The van der Waals surface area contributed by atoms with Crippen LogP contribution in [0.5, 0.6) is 0 Å². The SMILES string of the molecule is c1ccc(-c2cccc(-c3cc(-c4ccc5c(c4)C4(c6ccccc6-c6ccccc64)c4c-5oc5ccccc45)nc(-c4ccc(-c5cccc6c(-c7nc(-c8ccc9c(c8)-c8oc%10ccccc%10c8C98c9ccccc9-c9ccccc98)nc(-c8cccc9ccccc89)n7)cccc56)cc4)n3)c2)cc1. The Labute approximate surface area is 609 Å². The Hall–Kier alpha value is -14.0. The van der Waals surface area contributed by atoms with Crippen LogP contribution in [0.3, 0.4) is 0 Å². The maximum atomic E-state index is 7.06. The van der Waals surface area contributed by atoms with Crippen molar-refractivity contribution < 1.29 is 8.83 Å². The van der Waals surface area contributed by atoms with Crippen molar-refractivity contribution in [2.45, 2.75) is 10.8 Å². The third-order valence-corrected chi connectivity index (χ3v) is 23.0. The van der Waals surface area contributed by atoms with Crippen LogP contribution in [-0.4, -0.2) is 24.9 Å². The molecule has 0 aliphatic heterocycles. The summed E-state index contributed by atoms with van der Waals surface area (Å²) >= 11 is 0. The monoisotopic (exact) mass is 1350 g/mol. The first-order chi connectivity index (χ1) is 52.5. The van der Waals surface area contributed by atoms with Crippen molar-refractivity contribution in [3.8, 4) is 135 Å². The zero-order valence-electron chi connectivity index (χ0n) is 57.0. The lowest BCUT2D eigenvalue weighted by molar-refractivity contribution is 0.628. The summed E-state index contributed by atoms with van der Waals surface area (Å²) in [5, 5.41) is 6.47. The van der Waals surface area contributed by atoms with Crippen molar-refractivity contribution in [2.75, 3.05) is 0 Å². The van der Waals surface area contributed by atoms with Gasteiger partial charge in [-0.3, -0.25) is 0 Å². The molecule has 4 aromatic heterocycles. The third kappa shape index (κ3) is 8.19. The van der Waals surface area contributed by atoms with E-state index in [1.54, 1.807) is 0 Å². The molecule has 0 atom stereocenters. The molecule has 0 radical (unpaired) electrons. The zero-order chi connectivity index (χ0) is 69.3. The molecule has 23 rings (SSSR count). The molecule has 4 heterocycles. The number of rotatable bonds is 8. The second-order valence-corrected chi connectivity index (χ2v) is 28.3. The van der Waals surface area contributed by atoms with Gasteiger partial charge in [0, 0.05) is 66.4 Å². The van der Waals surface area contributed by atoms with Crippen LogP contribution in [0.1, 0.15) is 44.5 Å². The predicted octanol–water partition coefficient (Wildman–Crippen LogP) is 24.5. The molecule has 490 valence electrons. The summed E-state index contributed by atoms with van der Waals surface area (Å²) in [4.78, 5) is 27.6. The minimum Gasteiger partial charge on any atom is -0.456 e. The van der Waals surface area contributed by atoms with Crippen molar-refractivity contribution in [1.29, 1.82) is 0 Å². The molecule has 7 heteroatoms. The van der Waals surface area contributed by atoms with Crippen LogP contribution in [0, 0.1) is 0 Å². The second kappa shape index (κ2) is 22.2. The Balaban J connectivity index is 0.660. The number of fused-ring (bicyclic) bond motifs is 26. The van der Waals surface area contributed by atoms with E-state index >= 15 is 0 Å². The van der Waals surface area contributed by atoms with Crippen LogP contribution < -0.4 is 0 Å². The molecule has 0 bridgehead atoms. The van der Waals surface area contributed by atoms with Gasteiger partial charge < -0.3 is 8.83 Å². The van der Waals surface area contributed by atoms with Gasteiger partial charge in [-0.1, -0.05) is 309 Å². The van der Waals surface area contributed by atoms with Gasteiger partial charge in [-0.25, -0.2) is 24.9 Å². The van der Waals surface area contributed by atoms with Crippen molar-refractivity contribution in [2.24, 2.45) is 0 Å². The van der Waals surface area contributed by atoms with E-state index in [0.29, 0.717) is 23.3 Å². The highest BCUT2D eigenvalue weighted by Crippen LogP contribution is 2.67. The number of benzene rings is 15.